The van der Waals surface area contributed by atoms with Crippen LogP contribution >= 0.6 is 0 Å². The van der Waals surface area contributed by atoms with E-state index in [2.05, 4.69) is 21.8 Å². The van der Waals surface area contributed by atoms with Crippen LogP contribution in [0, 0.1) is 5.41 Å². The fraction of sp³-hybridized carbons (Fsp3) is 0.667. The first-order valence-electron chi connectivity index (χ1n) is 6.07. The van der Waals surface area contributed by atoms with Crippen molar-refractivity contribution in [1.82, 2.24) is 9.97 Å². The topological polar surface area (TPSA) is 64.3 Å². The van der Waals surface area contributed by atoms with Gasteiger partial charge in [0.1, 0.15) is 0 Å². The highest BCUT2D eigenvalue weighted by atomic mass is 16.5. The van der Waals surface area contributed by atoms with Crippen molar-refractivity contribution in [3.05, 3.63) is 12.4 Å². The van der Waals surface area contributed by atoms with Crippen molar-refractivity contribution in [3.63, 3.8) is 0 Å². The van der Waals surface area contributed by atoms with Gasteiger partial charge in [-0.1, -0.05) is 6.92 Å². The Morgan fingerprint density at radius 1 is 1.53 bits per heavy atom. The lowest BCUT2D eigenvalue weighted by Crippen LogP contribution is -2.31. The van der Waals surface area contributed by atoms with Crippen LogP contribution in [0.1, 0.15) is 20.3 Å². The van der Waals surface area contributed by atoms with E-state index >= 15 is 0 Å². The van der Waals surface area contributed by atoms with Gasteiger partial charge in [0.05, 0.1) is 19.0 Å². The van der Waals surface area contributed by atoms with Gasteiger partial charge in [-0.3, -0.25) is 4.98 Å². The summed E-state index contributed by atoms with van der Waals surface area (Å²) in [6.45, 7) is 7.40. The molecule has 1 unspecified atom stereocenters. The van der Waals surface area contributed by atoms with Crippen LogP contribution in [0.4, 0.5) is 5.82 Å². The maximum atomic E-state index is 5.80. The van der Waals surface area contributed by atoms with Gasteiger partial charge in [0.25, 0.3) is 0 Å². The second kappa shape index (κ2) is 4.87. The molecule has 94 valence electrons. The van der Waals surface area contributed by atoms with Crippen LogP contribution in [0.25, 0.3) is 0 Å². The minimum atomic E-state index is 0.198. The van der Waals surface area contributed by atoms with Gasteiger partial charge in [0.2, 0.25) is 5.88 Å². The predicted octanol–water partition coefficient (Wildman–Crippen LogP) is 1.05. The number of hydrogen-bond acceptors (Lipinski definition) is 5. The summed E-state index contributed by atoms with van der Waals surface area (Å²) in [5, 5.41) is 0. The van der Waals surface area contributed by atoms with Crippen molar-refractivity contribution in [2.24, 2.45) is 11.1 Å². The maximum Gasteiger partial charge on any atom is 0.234 e. The number of aromatic nitrogens is 2. The molecule has 1 aromatic rings. The molecule has 2 N–H and O–H groups in total. The highest BCUT2D eigenvalue weighted by Gasteiger charge is 2.33. The average Bonchev–Trinajstić information content (AvgIpc) is 2.74. The third kappa shape index (κ3) is 2.66. The molecule has 1 aliphatic rings. The second-order valence-corrected chi connectivity index (χ2v) is 4.83. The third-order valence-electron chi connectivity index (χ3n) is 3.27. The molecule has 0 aromatic carbocycles. The Kier molecular flexibility index (Phi) is 3.47. The van der Waals surface area contributed by atoms with Crippen LogP contribution < -0.4 is 15.4 Å². The molecule has 0 amide bonds. The van der Waals surface area contributed by atoms with E-state index in [1.807, 2.05) is 6.92 Å². The number of hydrogen-bond donors (Lipinski definition) is 1. The Morgan fingerprint density at radius 3 is 3.00 bits per heavy atom. The molecule has 1 atom stereocenters. The van der Waals surface area contributed by atoms with Crippen molar-refractivity contribution >= 4 is 5.82 Å². The fourth-order valence-electron chi connectivity index (χ4n) is 2.09. The Hall–Kier alpha value is -1.36. The molecule has 5 heteroatoms. The van der Waals surface area contributed by atoms with Gasteiger partial charge in [0.15, 0.2) is 5.82 Å². The van der Waals surface area contributed by atoms with Gasteiger partial charge < -0.3 is 15.4 Å². The summed E-state index contributed by atoms with van der Waals surface area (Å²) in [4.78, 5) is 10.8. The van der Waals surface area contributed by atoms with E-state index in [4.69, 9.17) is 10.5 Å². The number of rotatable bonds is 4. The second-order valence-electron chi connectivity index (χ2n) is 4.83. The summed E-state index contributed by atoms with van der Waals surface area (Å²) in [5.74, 6) is 1.47. The lowest BCUT2D eigenvalue weighted by molar-refractivity contribution is 0.325. The highest BCUT2D eigenvalue weighted by Crippen LogP contribution is 2.31. The minimum Gasteiger partial charge on any atom is -0.477 e. The molecular weight excluding hydrogens is 216 g/mol. The van der Waals surface area contributed by atoms with Gasteiger partial charge in [-0.15, -0.1) is 0 Å². The molecule has 5 nitrogen and oxygen atoms in total. The van der Waals surface area contributed by atoms with Crippen LogP contribution in [0.3, 0.4) is 0 Å². The van der Waals surface area contributed by atoms with E-state index in [0.717, 1.165) is 25.3 Å². The zero-order valence-electron chi connectivity index (χ0n) is 10.5. The number of ether oxygens (including phenoxy) is 1. The first-order chi connectivity index (χ1) is 8.17. The van der Waals surface area contributed by atoms with Crippen LogP contribution in [-0.4, -0.2) is 36.2 Å². The van der Waals surface area contributed by atoms with Crippen LogP contribution in [0.2, 0.25) is 0 Å². The third-order valence-corrected chi connectivity index (χ3v) is 3.27. The van der Waals surface area contributed by atoms with Crippen molar-refractivity contribution in [2.45, 2.75) is 20.3 Å². The zero-order valence-corrected chi connectivity index (χ0v) is 10.5. The van der Waals surface area contributed by atoms with E-state index < -0.39 is 0 Å². The molecule has 0 spiro atoms. The van der Waals surface area contributed by atoms with E-state index in [-0.39, 0.29) is 5.41 Å². The summed E-state index contributed by atoms with van der Waals surface area (Å²) < 4.78 is 5.36. The first-order valence-corrected chi connectivity index (χ1v) is 6.07. The fourth-order valence-corrected chi connectivity index (χ4v) is 2.09. The molecule has 1 aliphatic heterocycles. The standard InChI is InChI=1S/C12H20N4O/c1-3-17-11-7-14-6-10(15-11)16-5-4-12(2,8-13)9-16/h6-7H,3-5,8-9,13H2,1-2H3. The molecule has 2 heterocycles. The van der Waals surface area contributed by atoms with Gasteiger partial charge in [-0.2, -0.15) is 4.98 Å². The molecule has 1 saturated heterocycles. The van der Waals surface area contributed by atoms with E-state index in [1.54, 1.807) is 12.4 Å². The SMILES string of the molecule is CCOc1cncc(N2CCC(C)(CN)C2)n1. The predicted molar refractivity (Wildman–Crippen MR) is 67.2 cm³/mol. The molecular formula is C12H20N4O. The monoisotopic (exact) mass is 236 g/mol. The molecule has 0 bridgehead atoms. The normalized spacial score (nSPS) is 24.1. The molecule has 17 heavy (non-hydrogen) atoms. The Morgan fingerprint density at radius 2 is 2.35 bits per heavy atom. The number of nitrogens with two attached hydrogens (primary N) is 1. The molecule has 1 aromatic heterocycles. The van der Waals surface area contributed by atoms with Gasteiger partial charge >= 0.3 is 0 Å². The molecule has 0 saturated carbocycles. The average molecular weight is 236 g/mol. The van der Waals surface area contributed by atoms with Crippen molar-refractivity contribution < 1.29 is 4.74 Å². The van der Waals surface area contributed by atoms with E-state index in [9.17, 15) is 0 Å². The summed E-state index contributed by atoms with van der Waals surface area (Å²) in [5.41, 5.74) is 6.00. The van der Waals surface area contributed by atoms with Crippen LogP contribution in [-0.2, 0) is 0 Å². The van der Waals surface area contributed by atoms with Gasteiger partial charge in [-0.25, -0.2) is 0 Å². The van der Waals surface area contributed by atoms with Crippen LogP contribution in [0.5, 0.6) is 5.88 Å². The maximum absolute atomic E-state index is 5.80. The molecule has 0 radical (unpaired) electrons. The lowest BCUT2D eigenvalue weighted by atomic mass is 9.90. The zero-order chi connectivity index (χ0) is 12.3. The Balaban J connectivity index is 2.10. The highest BCUT2D eigenvalue weighted by molar-refractivity contribution is 5.39. The largest absolute Gasteiger partial charge is 0.477 e. The van der Waals surface area contributed by atoms with E-state index in [0.29, 0.717) is 19.0 Å². The lowest BCUT2D eigenvalue weighted by Gasteiger charge is -2.23. The minimum absolute atomic E-state index is 0.198. The number of nitrogens with zero attached hydrogens (tertiary/aromatic N) is 3. The molecule has 0 aliphatic carbocycles. The van der Waals surface area contributed by atoms with Crippen molar-refractivity contribution in [2.75, 3.05) is 31.1 Å². The smallest absolute Gasteiger partial charge is 0.234 e. The molecule has 1 fully saturated rings. The van der Waals surface area contributed by atoms with Gasteiger partial charge in [-0.05, 0) is 25.3 Å². The van der Waals surface area contributed by atoms with Crippen molar-refractivity contribution in [1.29, 1.82) is 0 Å². The van der Waals surface area contributed by atoms with Crippen LogP contribution in [0.15, 0.2) is 12.4 Å². The summed E-state index contributed by atoms with van der Waals surface area (Å²) in [7, 11) is 0. The summed E-state index contributed by atoms with van der Waals surface area (Å²) in [6.07, 6.45) is 4.53. The van der Waals surface area contributed by atoms with E-state index in [1.165, 1.54) is 0 Å². The first kappa shape index (κ1) is 12.1. The Labute approximate surface area is 102 Å². The Bertz CT molecular complexity index is 385. The van der Waals surface area contributed by atoms with Gasteiger partial charge in [0, 0.05) is 13.1 Å². The quantitative estimate of drug-likeness (QED) is 0.846. The summed E-state index contributed by atoms with van der Waals surface area (Å²) in [6, 6.07) is 0. The summed E-state index contributed by atoms with van der Waals surface area (Å²) >= 11 is 0. The van der Waals surface area contributed by atoms with Crippen molar-refractivity contribution in [3.8, 4) is 5.88 Å². The number of anilines is 1. The molecule has 2 rings (SSSR count).